The van der Waals surface area contributed by atoms with E-state index in [1.807, 2.05) is 0 Å². The van der Waals surface area contributed by atoms with Crippen molar-refractivity contribution in [2.24, 2.45) is 5.41 Å². The molecule has 1 aromatic heterocycles. The van der Waals surface area contributed by atoms with E-state index in [0.29, 0.717) is 17.6 Å². The number of hydrogen-bond donors (Lipinski definition) is 1. The van der Waals surface area contributed by atoms with Crippen molar-refractivity contribution in [3.05, 3.63) is 22.4 Å². The number of carbonyl (C=O) groups is 1. The first-order chi connectivity index (χ1) is 12.3. The standard InChI is InChI=1S/C20H30N2O2S.ClH/c23-19(14-24-17-4-2-1-3-5-17)22(13-16-6-11-25-15-16)18-12-20(18)7-9-21-10-8-20;/h6,11,15,17-18,21H,1-5,7-10,12-14H2;1H. The third-order valence-electron chi connectivity index (χ3n) is 6.37. The Morgan fingerprint density at radius 2 is 2.04 bits per heavy atom. The molecule has 3 aliphatic rings. The summed E-state index contributed by atoms with van der Waals surface area (Å²) in [7, 11) is 0. The van der Waals surface area contributed by atoms with Gasteiger partial charge in [-0.25, -0.2) is 0 Å². The van der Waals surface area contributed by atoms with Gasteiger partial charge in [-0.1, -0.05) is 19.3 Å². The number of piperidine rings is 1. The number of halogens is 1. The molecule has 1 saturated heterocycles. The first-order valence-corrected chi connectivity index (χ1v) is 10.8. The van der Waals surface area contributed by atoms with E-state index in [4.69, 9.17) is 4.74 Å². The normalized spacial score (nSPS) is 24.8. The van der Waals surface area contributed by atoms with Gasteiger partial charge in [0.25, 0.3) is 0 Å². The van der Waals surface area contributed by atoms with Crippen molar-refractivity contribution in [3.8, 4) is 0 Å². The van der Waals surface area contributed by atoms with Crippen LogP contribution in [0, 0.1) is 5.41 Å². The fourth-order valence-corrected chi connectivity index (χ4v) is 5.34. The molecule has 1 aromatic rings. The molecule has 3 fully saturated rings. The van der Waals surface area contributed by atoms with E-state index < -0.39 is 0 Å². The highest BCUT2D eigenvalue weighted by atomic mass is 35.5. The number of nitrogens with one attached hydrogen (secondary N) is 1. The predicted octanol–water partition coefficient (Wildman–Crippen LogP) is 3.99. The van der Waals surface area contributed by atoms with Gasteiger partial charge in [-0.05, 0) is 73.0 Å². The zero-order valence-corrected chi connectivity index (χ0v) is 17.1. The molecule has 1 N–H and O–H groups in total. The Bertz CT molecular complexity index is 568. The Labute approximate surface area is 167 Å². The fourth-order valence-electron chi connectivity index (χ4n) is 4.68. The van der Waals surface area contributed by atoms with Crippen LogP contribution in [0.1, 0.15) is 56.9 Å². The molecule has 1 amide bonds. The number of nitrogens with zero attached hydrogens (tertiary/aromatic N) is 1. The summed E-state index contributed by atoms with van der Waals surface area (Å²) in [6, 6.07) is 2.56. The monoisotopic (exact) mass is 398 g/mol. The van der Waals surface area contributed by atoms with Crippen LogP contribution in [-0.2, 0) is 16.1 Å². The molecule has 2 saturated carbocycles. The summed E-state index contributed by atoms with van der Waals surface area (Å²) in [6.45, 7) is 3.20. The van der Waals surface area contributed by atoms with Gasteiger partial charge in [0, 0.05) is 12.6 Å². The van der Waals surface area contributed by atoms with E-state index in [9.17, 15) is 4.79 Å². The van der Waals surface area contributed by atoms with Gasteiger partial charge in [-0.3, -0.25) is 4.79 Å². The third-order valence-corrected chi connectivity index (χ3v) is 7.10. The van der Waals surface area contributed by atoms with E-state index in [2.05, 4.69) is 27.0 Å². The maximum atomic E-state index is 13.0. The van der Waals surface area contributed by atoms with Gasteiger partial charge in [0.05, 0.1) is 6.10 Å². The second-order valence-electron chi connectivity index (χ2n) is 8.06. The minimum Gasteiger partial charge on any atom is -0.368 e. The van der Waals surface area contributed by atoms with Crippen LogP contribution in [0.4, 0.5) is 0 Å². The van der Waals surface area contributed by atoms with Crippen molar-refractivity contribution in [2.75, 3.05) is 19.7 Å². The molecule has 2 aliphatic carbocycles. The molecular formula is C20H31ClN2O2S. The molecule has 26 heavy (non-hydrogen) atoms. The Morgan fingerprint density at radius 3 is 2.73 bits per heavy atom. The molecule has 1 spiro atoms. The smallest absolute Gasteiger partial charge is 0.249 e. The summed E-state index contributed by atoms with van der Waals surface area (Å²) in [4.78, 5) is 15.1. The molecule has 4 nitrogen and oxygen atoms in total. The van der Waals surface area contributed by atoms with Gasteiger partial charge < -0.3 is 15.0 Å². The van der Waals surface area contributed by atoms with Crippen LogP contribution in [-0.4, -0.2) is 42.6 Å². The summed E-state index contributed by atoms with van der Waals surface area (Å²) < 4.78 is 6.00. The lowest BCUT2D eigenvalue weighted by Crippen LogP contribution is -2.41. The molecule has 1 aliphatic heterocycles. The van der Waals surface area contributed by atoms with Crippen molar-refractivity contribution in [1.82, 2.24) is 10.2 Å². The van der Waals surface area contributed by atoms with Crippen LogP contribution < -0.4 is 5.32 Å². The average Bonchev–Trinajstić information content (AvgIpc) is 3.08. The van der Waals surface area contributed by atoms with Gasteiger partial charge in [0.1, 0.15) is 6.61 Å². The van der Waals surface area contributed by atoms with Crippen molar-refractivity contribution >= 4 is 29.7 Å². The lowest BCUT2D eigenvalue weighted by molar-refractivity contribution is -0.140. The lowest BCUT2D eigenvalue weighted by Gasteiger charge is -2.30. The fraction of sp³-hybridized carbons (Fsp3) is 0.750. The van der Waals surface area contributed by atoms with Crippen molar-refractivity contribution < 1.29 is 9.53 Å². The van der Waals surface area contributed by atoms with Crippen molar-refractivity contribution in [1.29, 1.82) is 0 Å². The summed E-state index contributed by atoms with van der Waals surface area (Å²) in [5.41, 5.74) is 1.63. The SMILES string of the molecule is Cl.O=C(COC1CCCCC1)N(Cc1ccsc1)C1CC12CCNCC2. The first kappa shape index (κ1) is 20.1. The highest BCUT2D eigenvalue weighted by Crippen LogP contribution is 2.56. The second kappa shape index (κ2) is 9.05. The molecule has 1 atom stereocenters. The van der Waals surface area contributed by atoms with Crippen LogP contribution >= 0.6 is 23.7 Å². The van der Waals surface area contributed by atoms with Crippen LogP contribution in [0.25, 0.3) is 0 Å². The zero-order valence-electron chi connectivity index (χ0n) is 15.5. The van der Waals surface area contributed by atoms with E-state index in [1.165, 1.54) is 44.1 Å². The van der Waals surface area contributed by atoms with Crippen LogP contribution in [0.2, 0.25) is 0 Å². The molecule has 0 radical (unpaired) electrons. The number of ether oxygens (including phenoxy) is 1. The van der Waals surface area contributed by atoms with Gasteiger partial charge in [-0.15, -0.1) is 12.4 Å². The lowest BCUT2D eigenvalue weighted by atomic mass is 9.93. The van der Waals surface area contributed by atoms with Crippen LogP contribution in [0.5, 0.6) is 0 Å². The molecule has 6 heteroatoms. The highest BCUT2D eigenvalue weighted by molar-refractivity contribution is 7.07. The maximum Gasteiger partial charge on any atom is 0.249 e. The van der Waals surface area contributed by atoms with E-state index in [0.717, 1.165) is 32.5 Å². The molecule has 1 unspecified atom stereocenters. The molecule has 0 bridgehead atoms. The van der Waals surface area contributed by atoms with E-state index >= 15 is 0 Å². The summed E-state index contributed by atoms with van der Waals surface area (Å²) in [5, 5.41) is 7.72. The summed E-state index contributed by atoms with van der Waals surface area (Å²) in [6.07, 6.45) is 9.93. The maximum absolute atomic E-state index is 13.0. The summed E-state index contributed by atoms with van der Waals surface area (Å²) >= 11 is 1.71. The third kappa shape index (κ3) is 4.61. The minimum absolute atomic E-state index is 0. The minimum atomic E-state index is 0. The molecule has 2 heterocycles. The summed E-state index contributed by atoms with van der Waals surface area (Å²) in [5.74, 6) is 0.192. The Balaban J connectivity index is 0.00000196. The van der Waals surface area contributed by atoms with Crippen LogP contribution in [0.15, 0.2) is 16.8 Å². The van der Waals surface area contributed by atoms with Gasteiger partial charge in [-0.2, -0.15) is 11.3 Å². The topological polar surface area (TPSA) is 41.6 Å². The van der Waals surface area contributed by atoms with Crippen molar-refractivity contribution in [3.63, 3.8) is 0 Å². The average molecular weight is 399 g/mol. The Hall–Kier alpha value is -0.620. The number of thiophene rings is 1. The van der Waals surface area contributed by atoms with E-state index in [1.54, 1.807) is 11.3 Å². The molecule has 4 rings (SSSR count). The largest absolute Gasteiger partial charge is 0.368 e. The molecule has 146 valence electrons. The number of carbonyl (C=O) groups excluding carboxylic acids is 1. The predicted molar refractivity (Wildman–Crippen MR) is 108 cm³/mol. The number of rotatable bonds is 6. The zero-order chi connectivity index (χ0) is 17.1. The molecular weight excluding hydrogens is 368 g/mol. The highest BCUT2D eigenvalue weighted by Gasteiger charge is 2.57. The first-order valence-electron chi connectivity index (χ1n) is 9.90. The van der Waals surface area contributed by atoms with Gasteiger partial charge in [0.15, 0.2) is 0 Å². The van der Waals surface area contributed by atoms with Gasteiger partial charge in [0.2, 0.25) is 5.91 Å². The number of amides is 1. The quantitative estimate of drug-likeness (QED) is 0.787. The molecule has 0 aromatic carbocycles. The van der Waals surface area contributed by atoms with Crippen LogP contribution in [0.3, 0.4) is 0 Å². The van der Waals surface area contributed by atoms with Crippen molar-refractivity contribution in [2.45, 2.75) is 70.1 Å². The van der Waals surface area contributed by atoms with E-state index in [-0.39, 0.29) is 24.9 Å². The van der Waals surface area contributed by atoms with Gasteiger partial charge >= 0.3 is 0 Å². The second-order valence-corrected chi connectivity index (χ2v) is 8.84. The Kier molecular flexibility index (Phi) is 7.00. The Morgan fingerprint density at radius 1 is 1.27 bits per heavy atom. The number of hydrogen-bond acceptors (Lipinski definition) is 4.